The second kappa shape index (κ2) is 7.50. The van der Waals surface area contributed by atoms with Crippen LogP contribution in [0.5, 0.6) is 5.75 Å². The largest absolute Gasteiger partial charge is 0.493 e. The Hall–Kier alpha value is -2.33. The Kier molecular flexibility index (Phi) is 4.93. The molecule has 0 saturated carbocycles. The summed E-state index contributed by atoms with van der Waals surface area (Å²) in [7, 11) is 0. The Morgan fingerprint density at radius 3 is 2.88 bits per heavy atom. The molecule has 0 spiro atoms. The molecule has 2 heterocycles. The van der Waals surface area contributed by atoms with Gasteiger partial charge in [0.05, 0.1) is 6.61 Å². The second-order valence-corrected chi connectivity index (χ2v) is 7.40. The lowest BCUT2D eigenvalue weighted by atomic mass is 9.99. The van der Waals surface area contributed by atoms with Crippen molar-refractivity contribution in [2.45, 2.75) is 38.8 Å². The van der Waals surface area contributed by atoms with Crippen molar-refractivity contribution in [3.8, 4) is 5.75 Å². The fourth-order valence-corrected chi connectivity index (χ4v) is 3.95. The summed E-state index contributed by atoms with van der Waals surface area (Å²) in [5, 5.41) is 3.15. The number of carbonyl (C=O) groups is 1. The van der Waals surface area contributed by atoms with E-state index < -0.39 is 0 Å². The molecule has 0 bridgehead atoms. The smallest absolute Gasteiger partial charge is 0.251 e. The maximum absolute atomic E-state index is 12.6. The number of carbonyl (C=O) groups excluding carboxylic acids is 1. The molecule has 136 valence electrons. The number of nitrogens with one attached hydrogen (secondary N) is 1. The highest BCUT2D eigenvalue weighted by molar-refractivity contribution is 5.94. The van der Waals surface area contributed by atoms with Gasteiger partial charge in [-0.1, -0.05) is 24.3 Å². The summed E-state index contributed by atoms with van der Waals surface area (Å²) in [6.07, 6.45) is 3.09. The lowest BCUT2D eigenvalue weighted by molar-refractivity contribution is 0.0927. The summed E-state index contributed by atoms with van der Waals surface area (Å²) in [6.45, 7) is 5.74. The minimum atomic E-state index is 0.00304. The van der Waals surface area contributed by atoms with E-state index in [9.17, 15) is 4.79 Å². The van der Waals surface area contributed by atoms with Gasteiger partial charge in [0.15, 0.2) is 0 Å². The van der Waals surface area contributed by atoms with E-state index in [1.54, 1.807) is 0 Å². The van der Waals surface area contributed by atoms with Crippen LogP contribution in [0.1, 0.15) is 40.4 Å². The van der Waals surface area contributed by atoms with Crippen LogP contribution in [0.4, 0.5) is 0 Å². The summed E-state index contributed by atoms with van der Waals surface area (Å²) in [5.41, 5.74) is 4.73. The zero-order valence-corrected chi connectivity index (χ0v) is 15.3. The quantitative estimate of drug-likeness (QED) is 0.921. The second-order valence-electron chi connectivity index (χ2n) is 7.40. The molecule has 1 atom stereocenters. The van der Waals surface area contributed by atoms with Crippen molar-refractivity contribution < 1.29 is 9.53 Å². The Balaban J connectivity index is 1.35. The molecule has 26 heavy (non-hydrogen) atoms. The fraction of sp³-hybridized carbons (Fsp3) is 0.409. The van der Waals surface area contributed by atoms with Gasteiger partial charge in [0.2, 0.25) is 0 Å². The van der Waals surface area contributed by atoms with Gasteiger partial charge in [-0.05, 0) is 61.1 Å². The van der Waals surface area contributed by atoms with Gasteiger partial charge in [-0.15, -0.1) is 0 Å². The van der Waals surface area contributed by atoms with Crippen molar-refractivity contribution in [3.63, 3.8) is 0 Å². The first-order valence-corrected chi connectivity index (χ1v) is 9.55. The Morgan fingerprint density at radius 2 is 2.00 bits per heavy atom. The van der Waals surface area contributed by atoms with Crippen molar-refractivity contribution in [1.82, 2.24) is 10.2 Å². The first-order valence-electron chi connectivity index (χ1n) is 9.55. The lowest BCUT2D eigenvalue weighted by Gasteiger charge is -2.31. The topological polar surface area (TPSA) is 41.6 Å². The van der Waals surface area contributed by atoms with E-state index in [0.29, 0.717) is 0 Å². The summed E-state index contributed by atoms with van der Waals surface area (Å²) in [6, 6.07) is 14.5. The van der Waals surface area contributed by atoms with Crippen molar-refractivity contribution in [3.05, 3.63) is 64.7 Å². The number of aryl methyl sites for hydroxylation is 1. The molecule has 0 radical (unpaired) electrons. The number of benzene rings is 2. The molecule has 1 N–H and O–H groups in total. The average Bonchev–Trinajstić information content (AvgIpc) is 2.67. The third-order valence-corrected chi connectivity index (χ3v) is 5.29. The average molecular weight is 350 g/mol. The van der Waals surface area contributed by atoms with Crippen LogP contribution in [0.3, 0.4) is 0 Å². The number of amides is 1. The van der Waals surface area contributed by atoms with Gasteiger partial charge >= 0.3 is 0 Å². The molecular formula is C22H26N2O2. The summed E-state index contributed by atoms with van der Waals surface area (Å²) in [4.78, 5) is 15.0. The number of hydrogen-bond donors (Lipinski definition) is 1. The summed E-state index contributed by atoms with van der Waals surface area (Å²) >= 11 is 0. The Labute approximate surface area is 155 Å². The van der Waals surface area contributed by atoms with Gasteiger partial charge in [0, 0.05) is 31.2 Å². The molecule has 0 saturated heterocycles. The number of nitrogens with zero attached hydrogens (tertiary/aromatic N) is 1. The van der Waals surface area contributed by atoms with Crippen LogP contribution in [-0.2, 0) is 19.4 Å². The number of hydrogen-bond acceptors (Lipinski definition) is 3. The molecule has 0 aromatic heterocycles. The highest BCUT2D eigenvalue weighted by Crippen LogP contribution is 2.25. The van der Waals surface area contributed by atoms with Crippen molar-refractivity contribution in [2.24, 2.45) is 0 Å². The zero-order chi connectivity index (χ0) is 17.9. The van der Waals surface area contributed by atoms with E-state index in [1.165, 1.54) is 11.1 Å². The molecule has 2 aliphatic rings. The van der Waals surface area contributed by atoms with Crippen molar-refractivity contribution in [2.75, 3.05) is 19.7 Å². The minimum absolute atomic E-state index is 0.00304. The fourth-order valence-electron chi connectivity index (χ4n) is 3.95. The third-order valence-electron chi connectivity index (χ3n) is 5.29. The molecule has 2 aliphatic heterocycles. The van der Waals surface area contributed by atoms with Crippen LogP contribution >= 0.6 is 0 Å². The number of ether oxygens (including phenoxy) is 1. The first-order chi connectivity index (χ1) is 12.7. The molecule has 2 aromatic carbocycles. The van der Waals surface area contributed by atoms with Crippen LogP contribution in [0.15, 0.2) is 42.5 Å². The Bertz CT molecular complexity index is 802. The Morgan fingerprint density at radius 1 is 1.15 bits per heavy atom. The van der Waals surface area contributed by atoms with E-state index in [0.717, 1.165) is 62.4 Å². The van der Waals surface area contributed by atoms with E-state index in [1.807, 2.05) is 18.2 Å². The van der Waals surface area contributed by atoms with Crippen molar-refractivity contribution >= 4 is 5.91 Å². The summed E-state index contributed by atoms with van der Waals surface area (Å²) < 4.78 is 5.63. The molecule has 4 nitrogen and oxygen atoms in total. The predicted octanol–water partition coefficient (Wildman–Crippen LogP) is 3.19. The summed E-state index contributed by atoms with van der Waals surface area (Å²) in [5.74, 6) is 0.927. The highest BCUT2D eigenvalue weighted by Gasteiger charge is 2.19. The van der Waals surface area contributed by atoms with E-state index in [-0.39, 0.29) is 11.9 Å². The van der Waals surface area contributed by atoms with Gasteiger partial charge < -0.3 is 10.1 Å². The molecule has 4 heteroatoms. The predicted molar refractivity (Wildman–Crippen MR) is 103 cm³/mol. The molecular weight excluding hydrogens is 324 g/mol. The van der Waals surface area contributed by atoms with Crippen LogP contribution in [-0.4, -0.2) is 36.5 Å². The number of rotatable bonds is 4. The molecule has 0 aliphatic carbocycles. The van der Waals surface area contributed by atoms with Gasteiger partial charge in [0.1, 0.15) is 5.75 Å². The molecule has 1 amide bonds. The standard InChI is InChI=1S/C22H26N2O2/c1-16(14-24-11-10-17-5-2-3-6-20(17)15-24)23-22(25)19-8-9-21-18(13-19)7-4-12-26-21/h2-3,5-6,8-9,13,16H,4,7,10-12,14-15H2,1H3,(H,23,25)/t16-/m0/s1. The monoisotopic (exact) mass is 350 g/mol. The molecule has 4 rings (SSSR count). The highest BCUT2D eigenvalue weighted by atomic mass is 16.5. The van der Waals surface area contributed by atoms with Gasteiger partial charge in [-0.2, -0.15) is 0 Å². The maximum atomic E-state index is 12.6. The van der Waals surface area contributed by atoms with Crippen LogP contribution in [0.2, 0.25) is 0 Å². The van der Waals surface area contributed by atoms with Crippen LogP contribution in [0, 0.1) is 0 Å². The molecule has 0 fully saturated rings. The van der Waals surface area contributed by atoms with E-state index in [4.69, 9.17) is 4.74 Å². The maximum Gasteiger partial charge on any atom is 0.251 e. The van der Waals surface area contributed by atoms with Gasteiger partial charge in [0.25, 0.3) is 5.91 Å². The SMILES string of the molecule is C[C@@H](CN1CCc2ccccc2C1)NC(=O)c1ccc2c(c1)CCCO2. The normalized spacial score (nSPS) is 17.6. The van der Waals surface area contributed by atoms with Gasteiger partial charge in [-0.25, -0.2) is 0 Å². The first kappa shape index (κ1) is 17.1. The molecule has 2 aromatic rings. The van der Waals surface area contributed by atoms with E-state index in [2.05, 4.69) is 41.4 Å². The van der Waals surface area contributed by atoms with Crippen LogP contribution < -0.4 is 10.1 Å². The van der Waals surface area contributed by atoms with Crippen molar-refractivity contribution in [1.29, 1.82) is 0 Å². The lowest BCUT2D eigenvalue weighted by Crippen LogP contribution is -2.43. The molecule has 0 unspecified atom stereocenters. The van der Waals surface area contributed by atoms with E-state index >= 15 is 0 Å². The van der Waals surface area contributed by atoms with Gasteiger partial charge in [-0.3, -0.25) is 9.69 Å². The zero-order valence-electron chi connectivity index (χ0n) is 15.3. The number of fused-ring (bicyclic) bond motifs is 2. The minimum Gasteiger partial charge on any atom is -0.493 e. The third kappa shape index (κ3) is 3.75. The van der Waals surface area contributed by atoms with Crippen LogP contribution in [0.25, 0.3) is 0 Å².